The van der Waals surface area contributed by atoms with Crippen LogP contribution in [-0.4, -0.2) is 62.1 Å². The molecule has 266 valence electrons. The normalized spacial score (nSPS) is 19.9. The van der Waals surface area contributed by atoms with Crippen LogP contribution in [0.3, 0.4) is 0 Å². The first-order valence-electron chi connectivity index (χ1n) is 15.7. The molecule has 4 heterocycles. The van der Waals surface area contributed by atoms with Crippen LogP contribution in [0.25, 0.3) is 22.0 Å². The minimum absolute atomic E-state index is 0.0139. The van der Waals surface area contributed by atoms with Crippen molar-refractivity contribution in [3.8, 4) is 11.1 Å². The molecule has 0 bridgehead atoms. The Morgan fingerprint density at radius 2 is 1.68 bits per heavy atom. The van der Waals surface area contributed by atoms with Gasteiger partial charge >= 0.3 is 18.0 Å². The van der Waals surface area contributed by atoms with Crippen molar-refractivity contribution in [3.63, 3.8) is 0 Å². The highest BCUT2D eigenvalue weighted by Crippen LogP contribution is 2.50. The number of hydrogen-bond donors (Lipinski definition) is 0. The van der Waals surface area contributed by atoms with Crippen LogP contribution < -0.4 is 10.6 Å². The minimum Gasteiger partial charge on any atom is -0.444 e. The number of amides is 1. The highest BCUT2D eigenvalue weighted by atomic mass is 35.5. The predicted molar refractivity (Wildman–Crippen MR) is 178 cm³/mol. The third-order valence-electron chi connectivity index (χ3n) is 8.68. The fourth-order valence-electron chi connectivity index (χ4n) is 6.68. The second kappa shape index (κ2) is 13.0. The monoisotopic (exact) mass is 739 g/mol. The number of ether oxygens (including phenoxy) is 1. The minimum atomic E-state index is -5.06. The summed E-state index contributed by atoms with van der Waals surface area (Å²) in [4.78, 5) is 38.2. The van der Waals surface area contributed by atoms with Gasteiger partial charge in [-0.15, -0.1) is 11.8 Å². The van der Waals surface area contributed by atoms with Crippen molar-refractivity contribution in [2.75, 3.05) is 23.7 Å². The molecule has 2 aliphatic rings. The van der Waals surface area contributed by atoms with Crippen LogP contribution in [0, 0.1) is 17.5 Å². The summed E-state index contributed by atoms with van der Waals surface area (Å²) in [6.45, 7) is 8.71. The molecular weight excluding hydrogens is 708 g/mol. The lowest BCUT2D eigenvalue weighted by molar-refractivity contribution is -0.137. The van der Waals surface area contributed by atoms with E-state index >= 15 is 22.0 Å². The fraction of sp³-hybridized carbons (Fsp3) is 0.412. The van der Waals surface area contributed by atoms with Crippen LogP contribution in [0.2, 0.25) is 5.02 Å². The Kier molecular flexibility index (Phi) is 9.29. The largest absolute Gasteiger partial charge is 0.444 e. The zero-order valence-electron chi connectivity index (χ0n) is 27.5. The lowest BCUT2D eigenvalue weighted by atomic mass is 9.95. The summed E-state index contributed by atoms with van der Waals surface area (Å²) in [5, 5.41) is -0.659. The van der Waals surface area contributed by atoms with Gasteiger partial charge in [0, 0.05) is 65.0 Å². The molecule has 2 aromatic carbocycles. The van der Waals surface area contributed by atoms with Crippen LogP contribution in [0.5, 0.6) is 0 Å². The van der Waals surface area contributed by atoms with Gasteiger partial charge in [-0.25, -0.2) is 22.8 Å². The van der Waals surface area contributed by atoms with Crippen LogP contribution in [0.4, 0.5) is 37.0 Å². The van der Waals surface area contributed by atoms with Crippen LogP contribution in [0.15, 0.2) is 46.3 Å². The van der Waals surface area contributed by atoms with Crippen molar-refractivity contribution in [3.05, 3.63) is 80.7 Å². The molecule has 0 saturated carbocycles. The van der Waals surface area contributed by atoms with Crippen LogP contribution in [0.1, 0.15) is 51.7 Å². The molecule has 0 unspecified atom stereocenters. The molecule has 6 rings (SSSR count). The number of rotatable bonds is 3. The van der Waals surface area contributed by atoms with E-state index in [0.717, 1.165) is 30.1 Å². The molecule has 0 aliphatic carbocycles. The molecule has 1 saturated heterocycles. The summed E-state index contributed by atoms with van der Waals surface area (Å²) in [6.07, 6.45) is -3.26. The predicted octanol–water partition coefficient (Wildman–Crippen LogP) is 8.27. The molecule has 16 heteroatoms. The van der Waals surface area contributed by atoms with Crippen molar-refractivity contribution < 1.29 is 35.9 Å². The van der Waals surface area contributed by atoms with Gasteiger partial charge < -0.3 is 9.64 Å². The number of pyridine rings is 1. The van der Waals surface area contributed by atoms with Gasteiger partial charge in [0.1, 0.15) is 28.9 Å². The third kappa shape index (κ3) is 6.61. The summed E-state index contributed by atoms with van der Waals surface area (Å²) in [5.74, 6) is -3.93. The van der Waals surface area contributed by atoms with Gasteiger partial charge in [0.05, 0.1) is 34.4 Å². The van der Waals surface area contributed by atoms with E-state index in [4.69, 9.17) is 16.3 Å². The van der Waals surface area contributed by atoms with E-state index in [-0.39, 0.29) is 52.6 Å². The SMILES string of the molecule is C[C@@H]1CN(c2nc(=O)n3c4c(c(-c5cc(Cl)c(F)cc5F)c(C(F)(F)F)cc24)SC[C@@H](c2ccncc2F)C3)C[C@H](C)N1C(=O)OC(C)(C)C. The first kappa shape index (κ1) is 35.8. The Bertz CT molecular complexity index is 2060. The van der Waals surface area contributed by atoms with Gasteiger partial charge in [-0.05, 0) is 58.4 Å². The number of halogens is 7. The zero-order valence-corrected chi connectivity index (χ0v) is 29.1. The Balaban J connectivity index is 1.61. The molecule has 50 heavy (non-hydrogen) atoms. The molecule has 0 N–H and O–H groups in total. The number of anilines is 1. The van der Waals surface area contributed by atoms with Crippen molar-refractivity contribution in [2.24, 2.45) is 0 Å². The van der Waals surface area contributed by atoms with E-state index < -0.39 is 80.7 Å². The Labute approximate surface area is 292 Å². The molecule has 1 fully saturated rings. The second-order valence-electron chi connectivity index (χ2n) is 13.5. The average Bonchev–Trinajstić information content (AvgIpc) is 3.20. The van der Waals surface area contributed by atoms with Crippen molar-refractivity contribution in [2.45, 2.75) is 75.8 Å². The first-order valence-corrected chi connectivity index (χ1v) is 17.0. The van der Waals surface area contributed by atoms with Gasteiger partial charge in [-0.2, -0.15) is 18.2 Å². The maximum Gasteiger partial charge on any atom is 0.417 e. The molecule has 8 nitrogen and oxygen atoms in total. The van der Waals surface area contributed by atoms with Crippen molar-refractivity contribution in [1.29, 1.82) is 0 Å². The lowest BCUT2D eigenvalue weighted by Crippen LogP contribution is -2.59. The maximum atomic E-state index is 15.5. The third-order valence-corrected chi connectivity index (χ3v) is 10.2. The highest BCUT2D eigenvalue weighted by Gasteiger charge is 2.41. The molecular formula is C34H32ClF6N5O3S. The number of piperazine rings is 1. The van der Waals surface area contributed by atoms with Gasteiger partial charge in [0.2, 0.25) is 0 Å². The number of carbonyl (C=O) groups is 1. The summed E-state index contributed by atoms with van der Waals surface area (Å²) in [7, 11) is 0. The van der Waals surface area contributed by atoms with Crippen molar-refractivity contribution in [1.82, 2.24) is 19.4 Å². The second-order valence-corrected chi connectivity index (χ2v) is 14.9. The highest BCUT2D eigenvalue weighted by molar-refractivity contribution is 7.99. The number of benzene rings is 2. The molecule has 2 aliphatic heterocycles. The van der Waals surface area contributed by atoms with E-state index in [9.17, 15) is 14.0 Å². The van der Waals surface area contributed by atoms with Gasteiger partial charge in [-0.3, -0.25) is 14.5 Å². The summed E-state index contributed by atoms with van der Waals surface area (Å²) in [5.41, 5.74) is -3.90. The number of nitrogens with zero attached hydrogens (tertiary/aromatic N) is 5. The van der Waals surface area contributed by atoms with Crippen LogP contribution in [-0.2, 0) is 17.5 Å². The Morgan fingerprint density at radius 1 is 1.00 bits per heavy atom. The number of carbonyl (C=O) groups excluding carboxylic acids is 1. The Hall–Kier alpha value is -3.98. The van der Waals surface area contributed by atoms with Crippen LogP contribution >= 0.6 is 23.4 Å². The average molecular weight is 740 g/mol. The molecule has 4 aromatic rings. The number of alkyl halides is 3. The zero-order chi connectivity index (χ0) is 36.4. The standard InChI is InChI=1S/C34H32ClF6N5O3S/c1-16-12-44(13-17(2)46(16)32(48)49-33(3,4)5)30-21-8-22(34(39,40)41)27(20-9-23(35)25(37)10-24(20)36)29-28(21)45(31(47)43-30)14-18(15-50-29)19-6-7-42-11-26(19)38/h6-11,16-18H,12-15H2,1-5H3/t16-,17+,18-/m0/s1. The topological polar surface area (TPSA) is 80.6 Å². The first-order chi connectivity index (χ1) is 23.4. The Morgan fingerprint density at radius 3 is 2.30 bits per heavy atom. The fourth-order valence-corrected chi connectivity index (χ4v) is 8.22. The summed E-state index contributed by atoms with van der Waals surface area (Å²) >= 11 is 6.87. The van der Waals surface area contributed by atoms with Crippen molar-refractivity contribution >= 4 is 46.2 Å². The van der Waals surface area contributed by atoms with Gasteiger partial charge in [0.25, 0.3) is 0 Å². The van der Waals surface area contributed by atoms with E-state index in [0.29, 0.717) is 6.07 Å². The number of hydrogen-bond acceptors (Lipinski definition) is 7. The molecule has 1 amide bonds. The molecule has 0 radical (unpaired) electrons. The summed E-state index contributed by atoms with van der Waals surface area (Å²) < 4.78 is 96.8. The molecule has 0 spiro atoms. The molecule has 2 aromatic heterocycles. The number of aromatic nitrogens is 3. The molecule has 3 atom stereocenters. The smallest absolute Gasteiger partial charge is 0.417 e. The van der Waals surface area contributed by atoms with E-state index in [1.165, 1.54) is 21.7 Å². The lowest BCUT2D eigenvalue weighted by Gasteiger charge is -2.45. The van der Waals surface area contributed by atoms with E-state index in [2.05, 4.69) is 9.97 Å². The summed E-state index contributed by atoms with van der Waals surface area (Å²) in [6, 6.07) is 2.42. The van der Waals surface area contributed by atoms with Gasteiger partial charge in [0.15, 0.2) is 0 Å². The van der Waals surface area contributed by atoms with Gasteiger partial charge in [-0.1, -0.05) is 11.6 Å². The van der Waals surface area contributed by atoms with E-state index in [1.54, 1.807) is 39.5 Å². The number of thioether (sulfide) groups is 1. The van der Waals surface area contributed by atoms with E-state index in [1.807, 2.05) is 0 Å². The maximum absolute atomic E-state index is 15.5. The quantitative estimate of drug-likeness (QED) is 0.155.